The van der Waals surface area contributed by atoms with Gasteiger partial charge in [-0.3, -0.25) is 4.39 Å². The molecule has 0 radical (unpaired) electrons. The number of anilines is 1. The average Bonchev–Trinajstić information content (AvgIpc) is 3.91. The number of hydrogen-bond acceptors (Lipinski definition) is 7. The molecule has 8 rings (SSSR count). The predicted molar refractivity (Wildman–Crippen MR) is 192 cm³/mol. The zero-order valence-corrected chi connectivity index (χ0v) is 29.4. The topological polar surface area (TPSA) is 66.4 Å². The SMILES string of the molecule is C=CCC1(CF)CCN(CC2(COc3nc4c5c(nc(-c6cccc7ccc(F)c(C)c67)c(F)c5n3)C[C@H](C)C3(C)CNCCN43)CC2)CC1. The number of aromatic nitrogens is 3. The molecule has 1 aliphatic carbocycles. The number of piperidine rings is 1. The highest BCUT2D eigenvalue weighted by atomic mass is 19.1. The molecule has 50 heavy (non-hydrogen) atoms. The first-order chi connectivity index (χ1) is 24.1. The second-order valence-corrected chi connectivity index (χ2v) is 15.8. The molecule has 3 aliphatic heterocycles. The minimum atomic E-state index is -0.551. The Kier molecular flexibility index (Phi) is 8.33. The summed E-state index contributed by atoms with van der Waals surface area (Å²) < 4.78 is 52.5. The summed E-state index contributed by atoms with van der Waals surface area (Å²) in [5.74, 6) is -0.0636. The zero-order valence-electron chi connectivity index (χ0n) is 29.4. The van der Waals surface area contributed by atoms with Crippen LogP contribution >= 0.6 is 0 Å². The fourth-order valence-electron chi connectivity index (χ4n) is 8.81. The van der Waals surface area contributed by atoms with Crippen LogP contribution in [0, 0.1) is 35.3 Å². The second kappa shape index (κ2) is 12.5. The van der Waals surface area contributed by atoms with Crippen LogP contribution in [0.2, 0.25) is 0 Å². The van der Waals surface area contributed by atoms with Gasteiger partial charge in [0.15, 0.2) is 5.82 Å². The van der Waals surface area contributed by atoms with Gasteiger partial charge in [-0.05, 0) is 93.8 Å². The Hall–Kier alpha value is -3.76. The fourth-order valence-corrected chi connectivity index (χ4v) is 8.81. The van der Waals surface area contributed by atoms with E-state index in [2.05, 4.69) is 35.5 Å². The Morgan fingerprint density at radius 2 is 1.82 bits per heavy atom. The summed E-state index contributed by atoms with van der Waals surface area (Å²) in [5.41, 5.74) is 1.51. The van der Waals surface area contributed by atoms with Crippen molar-refractivity contribution >= 4 is 27.5 Å². The van der Waals surface area contributed by atoms with Crippen molar-refractivity contribution in [2.24, 2.45) is 16.7 Å². The van der Waals surface area contributed by atoms with Gasteiger partial charge in [-0.1, -0.05) is 37.3 Å². The molecule has 2 aromatic carbocycles. The maximum absolute atomic E-state index is 17.1. The Morgan fingerprint density at radius 1 is 1.02 bits per heavy atom. The van der Waals surface area contributed by atoms with E-state index in [1.807, 2.05) is 24.3 Å². The number of aryl methyl sites for hydroxylation is 1. The molecule has 4 aliphatic rings. The first-order valence-electron chi connectivity index (χ1n) is 18.2. The molecular weight excluding hydrogens is 637 g/mol. The van der Waals surface area contributed by atoms with E-state index in [1.54, 1.807) is 13.0 Å². The number of piperazine rings is 1. The molecule has 2 aromatic heterocycles. The number of likely N-dealkylation sites (tertiary alicyclic amines) is 1. The Balaban J connectivity index is 1.18. The molecule has 1 saturated carbocycles. The number of benzene rings is 2. The number of halogens is 3. The lowest BCUT2D eigenvalue weighted by atomic mass is 9.76. The summed E-state index contributed by atoms with van der Waals surface area (Å²) in [6, 6.07) is 8.94. The number of hydrogen-bond donors (Lipinski definition) is 1. The van der Waals surface area contributed by atoms with Crippen LogP contribution in [0.3, 0.4) is 0 Å². The monoisotopic (exact) mass is 684 g/mol. The lowest BCUT2D eigenvalue weighted by Gasteiger charge is -2.48. The van der Waals surface area contributed by atoms with E-state index < -0.39 is 5.82 Å². The Bertz CT molecular complexity index is 1970. The van der Waals surface area contributed by atoms with Gasteiger partial charge in [0.05, 0.1) is 29.9 Å². The number of ether oxygens (including phenoxy) is 1. The molecular formula is C40H47F3N6O. The second-order valence-electron chi connectivity index (χ2n) is 15.8. The summed E-state index contributed by atoms with van der Waals surface area (Å²) in [4.78, 5) is 19.6. The van der Waals surface area contributed by atoms with E-state index in [0.717, 1.165) is 69.5 Å². The molecule has 0 spiro atoms. The van der Waals surface area contributed by atoms with Gasteiger partial charge in [0.1, 0.15) is 22.8 Å². The first kappa shape index (κ1) is 33.4. The van der Waals surface area contributed by atoms with Crippen molar-refractivity contribution in [2.75, 3.05) is 57.4 Å². The van der Waals surface area contributed by atoms with Gasteiger partial charge >= 0.3 is 6.01 Å². The van der Waals surface area contributed by atoms with Crippen LogP contribution in [-0.2, 0) is 6.42 Å². The molecule has 0 amide bonds. The quantitative estimate of drug-likeness (QED) is 0.183. The fraction of sp³-hybridized carbons (Fsp3) is 0.525. The van der Waals surface area contributed by atoms with Gasteiger partial charge in [0.25, 0.3) is 0 Å². The minimum Gasteiger partial charge on any atom is -0.463 e. The number of allylic oxidation sites excluding steroid dienone is 1. The van der Waals surface area contributed by atoms with Crippen molar-refractivity contribution in [3.8, 4) is 17.3 Å². The van der Waals surface area contributed by atoms with Crippen LogP contribution in [0.4, 0.5) is 19.0 Å². The van der Waals surface area contributed by atoms with Crippen molar-refractivity contribution in [3.05, 3.63) is 65.9 Å². The molecule has 0 bridgehead atoms. The maximum atomic E-state index is 17.1. The number of alkyl halides is 1. The number of nitrogens with zero attached hydrogens (tertiary/aromatic N) is 5. The maximum Gasteiger partial charge on any atom is 0.319 e. The molecule has 1 unspecified atom stereocenters. The number of nitrogens with one attached hydrogen (secondary N) is 1. The van der Waals surface area contributed by atoms with E-state index in [0.29, 0.717) is 53.7 Å². The molecule has 5 heterocycles. The lowest BCUT2D eigenvalue weighted by molar-refractivity contribution is 0.0595. The molecule has 7 nitrogen and oxygen atoms in total. The van der Waals surface area contributed by atoms with E-state index in [4.69, 9.17) is 19.7 Å². The molecule has 2 atom stereocenters. The van der Waals surface area contributed by atoms with Crippen molar-refractivity contribution in [1.82, 2.24) is 25.2 Å². The number of rotatable bonds is 9. The van der Waals surface area contributed by atoms with E-state index in [9.17, 15) is 8.78 Å². The normalized spacial score (nSPS) is 24.2. The summed E-state index contributed by atoms with van der Waals surface area (Å²) in [6.07, 6.45) is 6.89. The van der Waals surface area contributed by atoms with Crippen molar-refractivity contribution < 1.29 is 17.9 Å². The van der Waals surface area contributed by atoms with E-state index in [-0.39, 0.29) is 52.0 Å². The standard InChI is InChI=1S/C40H47F3N6O/c1-5-11-39(21-41)14-17-48(18-15-39)23-40(12-13-40)24-50-37-46-35-32-30(20-25(2)38(4)22-44-16-19-49(38)36(32)47-37)45-34(33(35)43)28-8-6-7-27-9-10-29(42)26(3)31(27)28/h5-10,25,44H,1,11-24H2,2-4H3/t25-,38?/m0/s1. The molecule has 2 saturated heterocycles. The van der Waals surface area contributed by atoms with Crippen molar-refractivity contribution in [1.29, 1.82) is 0 Å². The largest absolute Gasteiger partial charge is 0.463 e. The molecule has 1 N–H and O–H groups in total. The zero-order chi connectivity index (χ0) is 34.8. The highest BCUT2D eigenvalue weighted by Gasteiger charge is 2.47. The number of fused-ring (bicyclic) bond motifs is 3. The number of pyridine rings is 1. The molecule has 10 heteroatoms. The smallest absolute Gasteiger partial charge is 0.319 e. The Labute approximate surface area is 292 Å². The minimum absolute atomic E-state index is 0.0314. The van der Waals surface area contributed by atoms with Crippen LogP contribution in [0.15, 0.2) is 43.0 Å². The molecule has 264 valence electrons. The van der Waals surface area contributed by atoms with E-state index >= 15 is 4.39 Å². The van der Waals surface area contributed by atoms with Crippen molar-refractivity contribution in [2.45, 2.75) is 64.8 Å². The van der Waals surface area contributed by atoms with Crippen LogP contribution in [0.25, 0.3) is 32.9 Å². The van der Waals surface area contributed by atoms with Gasteiger partial charge in [-0.2, -0.15) is 9.97 Å². The summed E-state index contributed by atoms with van der Waals surface area (Å²) in [7, 11) is 0. The van der Waals surface area contributed by atoms with Crippen LogP contribution in [0.5, 0.6) is 6.01 Å². The molecule has 4 aromatic rings. The third-order valence-electron chi connectivity index (χ3n) is 12.5. The Morgan fingerprint density at radius 3 is 2.56 bits per heavy atom. The third kappa shape index (κ3) is 5.54. The van der Waals surface area contributed by atoms with Crippen LogP contribution in [-0.4, -0.2) is 77.9 Å². The lowest BCUT2D eigenvalue weighted by Crippen LogP contribution is -2.63. The highest BCUT2D eigenvalue weighted by molar-refractivity contribution is 6.01. The predicted octanol–water partition coefficient (Wildman–Crippen LogP) is 7.58. The van der Waals surface area contributed by atoms with Gasteiger partial charge in [0, 0.05) is 42.6 Å². The van der Waals surface area contributed by atoms with Crippen molar-refractivity contribution in [3.63, 3.8) is 0 Å². The van der Waals surface area contributed by atoms with Gasteiger partial charge in [-0.15, -0.1) is 6.58 Å². The van der Waals surface area contributed by atoms with Crippen LogP contribution in [0.1, 0.15) is 57.2 Å². The van der Waals surface area contributed by atoms with Gasteiger partial charge < -0.3 is 19.9 Å². The average molecular weight is 685 g/mol. The molecule has 3 fully saturated rings. The summed E-state index contributed by atoms with van der Waals surface area (Å²) >= 11 is 0. The third-order valence-corrected chi connectivity index (χ3v) is 12.5. The summed E-state index contributed by atoms with van der Waals surface area (Å²) in [6.45, 7) is 15.0. The van der Waals surface area contributed by atoms with E-state index in [1.165, 1.54) is 6.07 Å². The van der Waals surface area contributed by atoms with Gasteiger partial charge in [0.2, 0.25) is 0 Å². The van der Waals surface area contributed by atoms with Crippen LogP contribution < -0.4 is 15.0 Å². The summed E-state index contributed by atoms with van der Waals surface area (Å²) in [5, 5.41) is 5.67. The highest BCUT2D eigenvalue weighted by Crippen LogP contribution is 2.49. The first-order valence-corrected chi connectivity index (χ1v) is 18.2. The van der Waals surface area contributed by atoms with Gasteiger partial charge in [-0.25, -0.2) is 13.8 Å².